The number of benzene rings is 1. The van der Waals surface area contributed by atoms with Gasteiger partial charge in [0.1, 0.15) is 0 Å². The Morgan fingerprint density at radius 3 is 1.92 bits per heavy atom. The molecule has 0 fully saturated rings. The van der Waals surface area contributed by atoms with E-state index in [0.717, 1.165) is 18.2 Å². The maximum absolute atomic E-state index is 12.0. The fourth-order valence-electron chi connectivity index (χ4n) is 0.672. The molecule has 0 saturated heterocycles. The lowest BCUT2D eigenvalue weighted by atomic mass is 10.2. The third-order valence-corrected chi connectivity index (χ3v) is 1.99. The summed E-state index contributed by atoms with van der Waals surface area (Å²) >= 11 is 10.8. The molecule has 0 radical (unpaired) electrons. The highest BCUT2D eigenvalue weighted by atomic mass is 35.5. The van der Waals surface area contributed by atoms with Crippen LogP contribution in [-0.4, -0.2) is 0 Å². The Morgan fingerprint density at radius 1 is 1.00 bits per heavy atom. The second-order valence-corrected chi connectivity index (χ2v) is 2.94. The molecule has 3 N–H and O–H groups in total. The first-order valence-electron chi connectivity index (χ1n) is 2.93. The highest BCUT2D eigenvalue weighted by Gasteiger charge is 2.30. The van der Waals surface area contributed by atoms with Crippen LogP contribution in [0, 0.1) is 0 Å². The minimum absolute atomic E-state index is 0. The van der Waals surface area contributed by atoms with Crippen molar-refractivity contribution in [1.29, 1.82) is 0 Å². The van der Waals surface area contributed by atoms with Crippen molar-refractivity contribution in [3.05, 3.63) is 33.8 Å². The summed E-state index contributed by atoms with van der Waals surface area (Å²) in [7, 11) is 0. The van der Waals surface area contributed by atoms with Gasteiger partial charge >= 0.3 is 6.18 Å². The summed E-state index contributed by atoms with van der Waals surface area (Å²) in [6.07, 6.45) is -4.37. The Labute approximate surface area is 83.0 Å². The van der Waals surface area contributed by atoms with Crippen molar-refractivity contribution in [3.63, 3.8) is 0 Å². The Bertz CT molecular complexity index is 298. The number of hydrogen-bond donors (Lipinski definition) is 1. The van der Waals surface area contributed by atoms with Crippen LogP contribution >= 0.6 is 23.2 Å². The minimum Gasteiger partial charge on any atom is -0.344 e. The van der Waals surface area contributed by atoms with Crippen molar-refractivity contribution in [2.24, 2.45) is 0 Å². The average Bonchev–Trinajstić information content (AvgIpc) is 1.92. The summed E-state index contributed by atoms with van der Waals surface area (Å²) in [5, 5.41) is 0.0242. The zero-order valence-electron chi connectivity index (χ0n) is 6.33. The maximum Gasteiger partial charge on any atom is 0.416 e. The Kier molecular flexibility index (Phi) is 4.03. The molecule has 0 amide bonds. The van der Waals surface area contributed by atoms with Crippen LogP contribution in [-0.2, 0) is 6.18 Å². The van der Waals surface area contributed by atoms with Crippen LogP contribution < -0.4 is 6.15 Å². The standard InChI is InChI=1S/C7H3Cl2F3.H3N/c8-5-2-1-4(3-6(5)9)7(10,11)12;/h1-3H;1H3. The van der Waals surface area contributed by atoms with E-state index in [9.17, 15) is 13.2 Å². The van der Waals surface area contributed by atoms with Crippen LogP contribution in [0.1, 0.15) is 5.56 Å². The van der Waals surface area contributed by atoms with E-state index in [1.807, 2.05) is 0 Å². The zero-order chi connectivity index (χ0) is 9.35. The third-order valence-electron chi connectivity index (χ3n) is 1.25. The summed E-state index contributed by atoms with van der Waals surface area (Å²) in [6.45, 7) is 0. The zero-order valence-corrected chi connectivity index (χ0v) is 7.84. The van der Waals surface area contributed by atoms with E-state index in [-0.39, 0.29) is 16.2 Å². The molecule has 74 valence electrons. The second kappa shape index (κ2) is 4.17. The van der Waals surface area contributed by atoms with Gasteiger partial charge in [-0.15, -0.1) is 0 Å². The molecule has 0 aliphatic carbocycles. The molecular weight excluding hydrogens is 226 g/mol. The van der Waals surface area contributed by atoms with Crippen LogP contribution in [0.15, 0.2) is 18.2 Å². The van der Waals surface area contributed by atoms with Gasteiger partial charge < -0.3 is 6.15 Å². The maximum atomic E-state index is 12.0. The summed E-state index contributed by atoms with van der Waals surface area (Å²) < 4.78 is 36.0. The van der Waals surface area contributed by atoms with Gasteiger partial charge in [0.15, 0.2) is 0 Å². The number of alkyl halides is 3. The summed E-state index contributed by atoms with van der Waals surface area (Å²) in [4.78, 5) is 0. The molecule has 0 aliphatic heterocycles. The molecule has 0 unspecified atom stereocenters. The Balaban J connectivity index is 0.00000144. The van der Waals surface area contributed by atoms with Crippen LogP contribution in [0.2, 0.25) is 10.0 Å². The van der Waals surface area contributed by atoms with E-state index in [2.05, 4.69) is 0 Å². The predicted molar refractivity (Wildman–Crippen MR) is 46.5 cm³/mol. The molecule has 0 atom stereocenters. The SMILES string of the molecule is FC(F)(F)c1ccc(Cl)c(Cl)c1.N. The predicted octanol–water partition coefficient (Wildman–Crippen LogP) is 4.17. The van der Waals surface area contributed by atoms with E-state index < -0.39 is 11.7 Å². The largest absolute Gasteiger partial charge is 0.416 e. The first kappa shape index (κ1) is 12.6. The molecule has 6 heteroatoms. The van der Waals surface area contributed by atoms with Gasteiger partial charge in [-0.2, -0.15) is 13.2 Å². The van der Waals surface area contributed by atoms with Crippen LogP contribution in [0.25, 0.3) is 0 Å². The summed E-state index contributed by atoms with van der Waals surface area (Å²) in [5.41, 5.74) is -0.795. The Morgan fingerprint density at radius 2 is 1.54 bits per heavy atom. The smallest absolute Gasteiger partial charge is 0.344 e. The lowest BCUT2D eigenvalue weighted by molar-refractivity contribution is -0.137. The van der Waals surface area contributed by atoms with E-state index >= 15 is 0 Å². The summed E-state index contributed by atoms with van der Waals surface area (Å²) in [6, 6.07) is 2.80. The van der Waals surface area contributed by atoms with Gasteiger partial charge in [0, 0.05) is 0 Å². The van der Waals surface area contributed by atoms with Gasteiger partial charge in [-0.3, -0.25) is 0 Å². The first-order valence-corrected chi connectivity index (χ1v) is 3.69. The van der Waals surface area contributed by atoms with E-state index in [1.165, 1.54) is 0 Å². The highest BCUT2D eigenvalue weighted by Crippen LogP contribution is 2.33. The van der Waals surface area contributed by atoms with E-state index in [1.54, 1.807) is 0 Å². The van der Waals surface area contributed by atoms with Gasteiger partial charge in [-0.25, -0.2) is 0 Å². The van der Waals surface area contributed by atoms with Gasteiger partial charge in [-0.05, 0) is 18.2 Å². The first-order chi connectivity index (χ1) is 5.41. The average molecular weight is 232 g/mol. The fraction of sp³-hybridized carbons (Fsp3) is 0.143. The van der Waals surface area contributed by atoms with Crippen LogP contribution in [0.3, 0.4) is 0 Å². The second-order valence-electron chi connectivity index (χ2n) is 2.13. The van der Waals surface area contributed by atoms with Crippen LogP contribution in [0.4, 0.5) is 13.2 Å². The number of halogens is 5. The minimum atomic E-state index is -4.37. The molecule has 0 aromatic heterocycles. The topological polar surface area (TPSA) is 35.0 Å². The molecule has 1 nitrogen and oxygen atoms in total. The highest BCUT2D eigenvalue weighted by molar-refractivity contribution is 6.42. The normalized spacial score (nSPS) is 10.8. The van der Waals surface area contributed by atoms with Gasteiger partial charge in [0.05, 0.1) is 15.6 Å². The molecular formula is C7H6Cl2F3N. The lowest BCUT2D eigenvalue weighted by Gasteiger charge is -2.06. The van der Waals surface area contributed by atoms with Gasteiger partial charge in [-0.1, -0.05) is 23.2 Å². The monoisotopic (exact) mass is 231 g/mol. The molecule has 13 heavy (non-hydrogen) atoms. The quantitative estimate of drug-likeness (QED) is 0.715. The van der Waals surface area contributed by atoms with Gasteiger partial charge in [0.2, 0.25) is 0 Å². The van der Waals surface area contributed by atoms with Crippen molar-refractivity contribution in [1.82, 2.24) is 6.15 Å². The summed E-state index contributed by atoms with van der Waals surface area (Å²) in [5.74, 6) is 0. The molecule has 1 aromatic rings. The van der Waals surface area contributed by atoms with Crippen molar-refractivity contribution in [3.8, 4) is 0 Å². The molecule has 0 saturated carbocycles. The molecule has 1 rings (SSSR count). The molecule has 0 bridgehead atoms. The number of rotatable bonds is 0. The van der Waals surface area contributed by atoms with Gasteiger partial charge in [0.25, 0.3) is 0 Å². The van der Waals surface area contributed by atoms with Crippen molar-refractivity contribution >= 4 is 23.2 Å². The van der Waals surface area contributed by atoms with Crippen molar-refractivity contribution < 1.29 is 13.2 Å². The molecule has 0 heterocycles. The van der Waals surface area contributed by atoms with Crippen LogP contribution in [0.5, 0.6) is 0 Å². The number of hydrogen-bond acceptors (Lipinski definition) is 1. The van der Waals surface area contributed by atoms with Crippen molar-refractivity contribution in [2.75, 3.05) is 0 Å². The molecule has 0 aliphatic rings. The molecule has 0 spiro atoms. The van der Waals surface area contributed by atoms with E-state index in [4.69, 9.17) is 23.2 Å². The Hall–Kier alpha value is -0.450. The fourth-order valence-corrected chi connectivity index (χ4v) is 0.971. The lowest BCUT2D eigenvalue weighted by Crippen LogP contribution is -2.04. The van der Waals surface area contributed by atoms with E-state index in [0.29, 0.717) is 0 Å². The third kappa shape index (κ3) is 3.06. The molecule has 1 aromatic carbocycles. The van der Waals surface area contributed by atoms with Crippen molar-refractivity contribution in [2.45, 2.75) is 6.18 Å².